The number of aromatic nitrogens is 3. The minimum atomic E-state index is -0.667. The lowest BCUT2D eigenvalue weighted by Crippen LogP contribution is -2.33. The van der Waals surface area contributed by atoms with Crippen LogP contribution in [0.4, 0.5) is 0 Å². The maximum atomic E-state index is 11.7. The highest BCUT2D eigenvalue weighted by Gasteiger charge is 2.14. The van der Waals surface area contributed by atoms with E-state index in [0.29, 0.717) is 12.4 Å². The fraction of sp³-hybridized carbons (Fsp3) is 0.182. The quantitative estimate of drug-likeness (QED) is 0.696. The van der Waals surface area contributed by atoms with Crippen molar-refractivity contribution in [2.45, 2.75) is 12.6 Å². The van der Waals surface area contributed by atoms with Gasteiger partial charge in [-0.1, -0.05) is 30.3 Å². The Kier molecular flexibility index (Phi) is 3.46. The second-order valence-corrected chi connectivity index (χ2v) is 3.54. The third-order valence-electron chi connectivity index (χ3n) is 2.34. The molecule has 0 spiro atoms. The van der Waals surface area contributed by atoms with Gasteiger partial charge in [0.05, 0.1) is 6.54 Å². The molecule has 1 aromatic carbocycles. The van der Waals surface area contributed by atoms with Gasteiger partial charge in [-0.15, -0.1) is 0 Å². The molecule has 6 nitrogen and oxygen atoms in total. The molecule has 0 aliphatic heterocycles. The van der Waals surface area contributed by atoms with Crippen LogP contribution in [-0.4, -0.2) is 21.1 Å². The Morgan fingerprint density at radius 2 is 2.18 bits per heavy atom. The molecule has 4 N–H and O–H groups in total. The molecule has 1 aromatic heterocycles. The van der Waals surface area contributed by atoms with E-state index in [0.717, 1.165) is 5.56 Å². The molecule has 88 valence electrons. The van der Waals surface area contributed by atoms with Gasteiger partial charge in [0.25, 0.3) is 0 Å². The Labute approximate surface area is 98.3 Å². The highest BCUT2D eigenvalue weighted by Crippen LogP contribution is 2.09. The molecule has 0 saturated heterocycles. The molecule has 1 amide bonds. The molecule has 0 saturated carbocycles. The van der Waals surface area contributed by atoms with Crippen LogP contribution in [0.15, 0.2) is 36.7 Å². The van der Waals surface area contributed by atoms with Crippen molar-refractivity contribution in [3.8, 4) is 0 Å². The molecular formula is C11H13N5O. The van der Waals surface area contributed by atoms with Crippen LogP contribution in [0.2, 0.25) is 0 Å². The Morgan fingerprint density at radius 3 is 2.82 bits per heavy atom. The number of nitrogens with zero attached hydrogens (tertiary/aromatic N) is 2. The number of carbonyl (C=O) groups is 1. The first-order valence-corrected chi connectivity index (χ1v) is 5.20. The first-order valence-electron chi connectivity index (χ1n) is 5.20. The fourth-order valence-corrected chi connectivity index (χ4v) is 1.41. The monoisotopic (exact) mass is 231 g/mol. The van der Waals surface area contributed by atoms with Gasteiger partial charge in [-0.25, -0.2) is 4.98 Å². The second kappa shape index (κ2) is 5.22. The predicted molar refractivity (Wildman–Crippen MR) is 61.6 cm³/mol. The normalized spacial score (nSPS) is 12.1. The highest BCUT2D eigenvalue weighted by molar-refractivity contribution is 5.82. The summed E-state index contributed by atoms with van der Waals surface area (Å²) >= 11 is 0. The van der Waals surface area contributed by atoms with Gasteiger partial charge in [0.15, 0.2) is 0 Å². The van der Waals surface area contributed by atoms with E-state index >= 15 is 0 Å². The number of amides is 1. The lowest BCUT2D eigenvalue weighted by atomic mass is 10.1. The van der Waals surface area contributed by atoms with Gasteiger partial charge in [-0.3, -0.25) is 9.89 Å². The van der Waals surface area contributed by atoms with Crippen molar-refractivity contribution in [1.29, 1.82) is 0 Å². The summed E-state index contributed by atoms with van der Waals surface area (Å²) in [5.74, 6) is 0.353. The minimum absolute atomic E-state index is 0.243. The van der Waals surface area contributed by atoms with Crippen LogP contribution in [-0.2, 0) is 11.3 Å². The summed E-state index contributed by atoms with van der Waals surface area (Å²) in [6.45, 7) is 0.291. The molecule has 1 heterocycles. The summed E-state index contributed by atoms with van der Waals surface area (Å²) in [6, 6.07) is 8.54. The summed E-state index contributed by atoms with van der Waals surface area (Å²) in [4.78, 5) is 15.6. The Bertz CT molecular complexity index is 468. The van der Waals surface area contributed by atoms with Crippen LogP contribution < -0.4 is 11.1 Å². The molecule has 0 radical (unpaired) electrons. The maximum absolute atomic E-state index is 11.7. The predicted octanol–water partition coefficient (Wildman–Crippen LogP) is 0.121. The largest absolute Gasteiger partial charge is 0.347 e. The zero-order chi connectivity index (χ0) is 12.1. The number of nitrogens with one attached hydrogen (secondary N) is 2. The Balaban J connectivity index is 1.92. The van der Waals surface area contributed by atoms with Gasteiger partial charge in [-0.2, -0.15) is 5.10 Å². The molecule has 2 rings (SSSR count). The molecule has 17 heavy (non-hydrogen) atoms. The number of carbonyl (C=O) groups excluding carboxylic acids is 1. The highest BCUT2D eigenvalue weighted by atomic mass is 16.2. The van der Waals surface area contributed by atoms with Crippen molar-refractivity contribution < 1.29 is 4.79 Å². The number of benzene rings is 1. The van der Waals surface area contributed by atoms with Crippen molar-refractivity contribution in [2.24, 2.45) is 5.73 Å². The molecule has 0 unspecified atom stereocenters. The van der Waals surface area contributed by atoms with E-state index in [1.54, 1.807) is 0 Å². The second-order valence-electron chi connectivity index (χ2n) is 3.54. The smallest absolute Gasteiger partial charge is 0.241 e. The van der Waals surface area contributed by atoms with Crippen molar-refractivity contribution in [2.75, 3.05) is 0 Å². The van der Waals surface area contributed by atoms with E-state index in [4.69, 9.17) is 5.73 Å². The van der Waals surface area contributed by atoms with E-state index in [2.05, 4.69) is 20.5 Å². The summed E-state index contributed by atoms with van der Waals surface area (Å²) in [6.07, 6.45) is 1.39. The van der Waals surface area contributed by atoms with Crippen LogP contribution in [0, 0.1) is 0 Å². The van der Waals surface area contributed by atoms with E-state index in [1.807, 2.05) is 30.3 Å². The van der Waals surface area contributed by atoms with Gasteiger partial charge in [0.2, 0.25) is 5.91 Å². The molecule has 0 bridgehead atoms. The molecule has 2 aromatic rings. The zero-order valence-electron chi connectivity index (χ0n) is 9.13. The summed E-state index contributed by atoms with van der Waals surface area (Å²) < 4.78 is 0. The third kappa shape index (κ3) is 2.88. The van der Waals surface area contributed by atoms with Crippen LogP contribution in [0.3, 0.4) is 0 Å². The topological polar surface area (TPSA) is 96.7 Å². The number of aromatic amines is 1. The summed E-state index contributed by atoms with van der Waals surface area (Å²) in [7, 11) is 0. The van der Waals surface area contributed by atoms with Gasteiger partial charge in [0, 0.05) is 0 Å². The van der Waals surface area contributed by atoms with E-state index < -0.39 is 6.04 Å². The Hall–Kier alpha value is -2.21. The van der Waals surface area contributed by atoms with Gasteiger partial charge in [0.1, 0.15) is 18.2 Å². The number of H-pyrrole nitrogens is 1. The van der Waals surface area contributed by atoms with E-state index in [-0.39, 0.29) is 5.91 Å². The third-order valence-corrected chi connectivity index (χ3v) is 2.34. The standard InChI is InChI=1S/C11H13N5O/c12-10(8-4-2-1-3-5-8)11(17)13-6-9-14-7-15-16-9/h1-5,7,10H,6,12H2,(H,13,17)(H,14,15,16)/t10-/m1/s1. The molecule has 0 aliphatic rings. The average molecular weight is 231 g/mol. The fourth-order valence-electron chi connectivity index (χ4n) is 1.41. The molecule has 0 fully saturated rings. The van der Waals surface area contributed by atoms with Crippen LogP contribution in [0.1, 0.15) is 17.4 Å². The van der Waals surface area contributed by atoms with Gasteiger partial charge in [-0.05, 0) is 5.56 Å². The van der Waals surface area contributed by atoms with Crippen LogP contribution in [0.5, 0.6) is 0 Å². The number of rotatable bonds is 4. The SMILES string of the molecule is N[C@@H](C(=O)NCc1ncn[nH]1)c1ccccc1. The molecular weight excluding hydrogens is 218 g/mol. The lowest BCUT2D eigenvalue weighted by molar-refractivity contribution is -0.122. The zero-order valence-corrected chi connectivity index (χ0v) is 9.13. The maximum Gasteiger partial charge on any atom is 0.241 e. The average Bonchev–Trinajstić information content (AvgIpc) is 2.89. The van der Waals surface area contributed by atoms with Gasteiger partial charge >= 0.3 is 0 Å². The number of hydrogen-bond acceptors (Lipinski definition) is 4. The lowest BCUT2D eigenvalue weighted by Gasteiger charge is -2.11. The summed E-state index contributed by atoms with van der Waals surface area (Å²) in [5.41, 5.74) is 6.60. The van der Waals surface area contributed by atoms with Crippen molar-refractivity contribution in [3.05, 3.63) is 48.0 Å². The Morgan fingerprint density at radius 1 is 1.41 bits per heavy atom. The summed E-state index contributed by atoms with van der Waals surface area (Å²) in [5, 5.41) is 9.02. The number of hydrogen-bond donors (Lipinski definition) is 3. The molecule has 6 heteroatoms. The molecule has 1 atom stereocenters. The minimum Gasteiger partial charge on any atom is -0.347 e. The molecule has 0 aliphatic carbocycles. The van der Waals surface area contributed by atoms with Crippen molar-refractivity contribution >= 4 is 5.91 Å². The van der Waals surface area contributed by atoms with Crippen molar-refractivity contribution in [1.82, 2.24) is 20.5 Å². The van der Waals surface area contributed by atoms with E-state index in [1.165, 1.54) is 6.33 Å². The van der Waals surface area contributed by atoms with E-state index in [9.17, 15) is 4.79 Å². The number of nitrogens with two attached hydrogens (primary N) is 1. The first-order chi connectivity index (χ1) is 8.27. The van der Waals surface area contributed by atoms with Crippen LogP contribution >= 0.6 is 0 Å². The van der Waals surface area contributed by atoms with Gasteiger partial charge < -0.3 is 11.1 Å². The first kappa shape index (κ1) is 11.3. The van der Waals surface area contributed by atoms with Crippen LogP contribution in [0.25, 0.3) is 0 Å². The van der Waals surface area contributed by atoms with Crippen molar-refractivity contribution in [3.63, 3.8) is 0 Å².